The smallest absolute Gasteiger partial charge is 0 e. The zero-order valence-electron chi connectivity index (χ0n) is 3.52. The summed E-state index contributed by atoms with van der Waals surface area (Å²) in [7, 11) is 0. The van der Waals surface area contributed by atoms with Crippen LogP contribution in [0.2, 0.25) is 0 Å². The van der Waals surface area contributed by atoms with E-state index < -0.39 is 0 Å². The van der Waals surface area contributed by atoms with Gasteiger partial charge in [-0.1, -0.05) is 0 Å². The van der Waals surface area contributed by atoms with Gasteiger partial charge in [0.15, 0.2) is 0 Å². The molecule has 0 aromatic rings. The molecule has 0 heterocycles. The maximum absolute atomic E-state index is 0. The van der Waals surface area contributed by atoms with Gasteiger partial charge in [-0.15, -0.1) is 0 Å². The molecule has 0 aliphatic heterocycles. The maximum Gasteiger partial charge on any atom is 0 e. The van der Waals surface area contributed by atoms with Gasteiger partial charge >= 0.3 is 0 Å². The molecule has 0 saturated carbocycles. The third-order valence-corrected chi connectivity index (χ3v) is 0. The van der Waals surface area contributed by atoms with Gasteiger partial charge < -0.3 is 30.1 Å². The summed E-state index contributed by atoms with van der Waals surface area (Å²) in [4.78, 5) is 0. The molecule has 0 aliphatic rings. The average Bonchev–Trinajstić information content (AvgIpc) is 0. The van der Waals surface area contributed by atoms with Gasteiger partial charge in [0.1, 0.15) is 0 Å². The van der Waals surface area contributed by atoms with Crippen molar-refractivity contribution in [3.05, 3.63) is 24.6 Å². The van der Waals surface area contributed by atoms with Gasteiger partial charge in [0.05, 0.1) is 0 Å². The van der Waals surface area contributed by atoms with Crippen molar-refractivity contribution in [3.8, 4) is 0 Å². The van der Waals surface area contributed by atoms with Crippen molar-refractivity contribution in [1.29, 1.82) is 0 Å². The van der Waals surface area contributed by atoms with Gasteiger partial charge in [0, 0.05) is 19.5 Å². The van der Waals surface area contributed by atoms with Crippen LogP contribution in [-0.4, -0.2) is 5.48 Å². The Labute approximate surface area is 50.3 Å². The standard InChI is InChI=1S/4H2N.H2O.Zn/h5*1H2;/q4*-1;;. The Morgan fingerprint density at radius 3 is 0.500 bits per heavy atom. The molecule has 0 unspecified atom stereocenters. The molecule has 0 aliphatic carbocycles. The minimum Gasteiger partial charge on any atom is -0.693 e. The zero-order valence-corrected chi connectivity index (χ0v) is 6.48. The summed E-state index contributed by atoms with van der Waals surface area (Å²) in [5.74, 6) is 0. The molecule has 5 nitrogen and oxygen atoms in total. The van der Waals surface area contributed by atoms with Crippen molar-refractivity contribution in [2.24, 2.45) is 0 Å². The number of nitrogens with two attached hydrogens (primary N) is 4. The largest absolute Gasteiger partial charge is 0.693 e. The molecule has 0 rings (SSSR count). The summed E-state index contributed by atoms with van der Waals surface area (Å²) >= 11 is 0. The van der Waals surface area contributed by atoms with Crippen molar-refractivity contribution in [2.75, 3.05) is 0 Å². The average molecular weight is 147 g/mol. The molecule has 6 heteroatoms. The third kappa shape index (κ3) is 289. The van der Waals surface area contributed by atoms with E-state index in [2.05, 4.69) is 0 Å². The fourth-order valence-corrected chi connectivity index (χ4v) is 0. The van der Waals surface area contributed by atoms with Crippen molar-refractivity contribution in [2.45, 2.75) is 0 Å². The van der Waals surface area contributed by atoms with Crippen LogP contribution in [0.4, 0.5) is 0 Å². The van der Waals surface area contributed by atoms with Crippen LogP contribution in [-0.2, 0) is 19.5 Å². The molecule has 0 aromatic carbocycles. The summed E-state index contributed by atoms with van der Waals surface area (Å²) in [6.45, 7) is 0. The fourth-order valence-electron chi connectivity index (χ4n) is 0. The molecule has 10 N–H and O–H groups in total. The minimum absolute atomic E-state index is 0. The van der Waals surface area contributed by atoms with Crippen molar-refractivity contribution in [1.82, 2.24) is 0 Å². The molecule has 0 amide bonds. The first-order valence-electron chi connectivity index (χ1n) is 0. The van der Waals surface area contributed by atoms with Gasteiger partial charge in [-0.05, 0) is 0 Å². The van der Waals surface area contributed by atoms with Crippen LogP contribution in [0.25, 0.3) is 24.6 Å². The second-order valence-corrected chi connectivity index (χ2v) is 0. The summed E-state index contributed by atoms with van der Waals surface area (Å²) < 4.78 is 0. The topological polar surface area (TPSA) is 166 Å². The van der Waals surface area contributed by atoms with Gasteiger partial charge in [-0.2, -0.15) is 0 Å². The quantitative estimate of drug-likeness (QED) is 0.458. The molecule has 0 spiro atoms. The molecule has 0 aromatic heterocycles. The molecular formula is H10N4OZn-4. The van der Waals surface area contributed by atoms with Crippen LogP contribution in [0.15, 0.2) is 0 Å². The minimum atomic E-state index is 0. The van der Waals surface area contributed by atoms with E-state index in [-0.39, 0.29) is 49.6 Å². The van der Waals surface area contributed by atoms with Gasteiger partial charge in [-0.25, -0.2) is 0 Å². The van der Waals surface area contributed by atoms with Crippen LogP contribution in [0, 0.1) is 0 Å². The first-order chi connectivity index (χ1) is 0. The van der Waals surface area contributed by atoms with Gasteiger partial charge in [0.2, 0.25) is 0 Å². The molecule has 0 saturated heterocycles. The number of rotatable bonds is 0. The van der Waals surface area contributed by atoms with Crippen LogP contribution in [0.3, 0.4) is 0 Å². The van der Waals surface area contributed by atoms with E-state index in [1.165, 1.54) is 0 Å². The van der Waals surface area contributed by atoms with Gasteiger partial charge in [0.25, 0.3) is 0 Å². The van der Waals surface area contributed by atoms with Crippen molar-refractivity contribution >= 4 is 0 Å². The van der Waals surface area contributed by atoms with E-state index in [0.717, 1.165) is 0 Å². The Morgan fingerprint density at radius 1 is 0.500 bits per heavy atom. The summed E-state index contributed by atoms with van der Waals surface area (Å²) in [6.07, 6.45) is 0. The molecule has 42 valence electrons. The molecule has 0 fully saturated rings. The fraction of sp³-hybridized carbons (Fsp3) is 0. The molecular weight excluding hydrogens is 137 g/mol. The first kappa shape index (κ1) is 1050. The summed E-state index contributed by atoms with van der Waals surface area (Å²) in [6, 6.07) is 0. The van der Waals surface area contributed by atoms with Gasteiger partial charge in [-0.3, -0.25) is 0 Å². The number of hydrogen-bond acceptors (Lipinski definition) is 0. The van der Waals surface area contributed by atoms with E-state index in [1.54, 1.807) is 0 Å². The van der Waals surface area contributed by atoms with E-state index in [1.807, 2.05) is 0 Å². The van der Waals surface area contributed by atoms with Crippen LogP contribution < -0.4 is 0 Å². The Kier molecular flexibility index (Phi) is 104000. The summed E-state index contributed by atoms with van der Waals surface area (Å²) in [5.41, 5.74) is 0. The van der Waals surface area contributed by atoms with E-state index in [0.29, 0.717) is 0 Å². The Hall–Kier alpha value is 0.423. The number of hydrogen-bond donors (Lipinski definition) is 0. The van der Waals surface area contributed by atoms with Crippen LogP contribution in [0.1, 0.15) is 0 Å². The maximum atomic E-state index is 0. The molecule has 0 radical (unpaired) electrons. The second kappa shape index (κ2) is 592. The third-order valence-electron chi connectivity index (χ3n) is 0. The van der Waals surface area contributed by atoms with Crippen molar-refractivity contribution in [3.63, 3.8) is 0 Å². The second-order valence-electron chi connectivity index (χ2n) is 0. The van der Waals surface area contributed by atoms with Crippen LogP contribution in [0.5, 0.6) is 0 Å². The monoisotopic (exact) mass is 146 g/mol. The SMILES string of the molecule is O.[NH2-].[NH2-].[NH2-].[NH2-].[Zn]. The van der Waals surface area contributed by atoms with E-state index in [4.69, 9.17) is 0 Å². The predicted molar refractivity (Wildman–Crippen MR) is 24.8 cm³/mol. The predicted octanol–water partition coefficient (Wildman–Crippen LogP) is 2.04. The Balaban J connectivity index is 0. The van der Waals surface area contributed by atoms with Crippen molar-refractivity contribution < 1.29 is 25.0 Å². The molecule has 0 bridgehead atoms. The Morgan fingerprint density at radius 2 is 0.500 bits per heavy atom. The summed E-state index contributed by atoms with van der Waals surface area (Å²) in [5, 5.41) is 0. The zero-order chi connectivity index (χ0) is 0. The molecule has 0 atom stereocenters. The Bertz CT molecular complexity index is 7.51. The van der Waals surface area contributed by atoms with E-state index in [9.17, 15) is 0 Å². The first-order valence-corrected chi connectivity index (χ1v) is 0. The molecule has 6 heavy (non-hydrogen) atoms. The normalized spacial score (nSPS) is 0. The van der Waals surface area contributed by atoms with E-state index >= 15 is 0 Å². The van der Waals surface area contributed by atoms with Crippen LogP contribution >= 0.6 is 0 Å².